The lowest BCUT2D eigenvalue weighted by molar-refractivity contribution is 0.219. The maximum atomic E-state index is 12.4. The first kappa shape index (κ1) is 17.7. The predicted molar refractivity (Wildman–Crippen MR) is 99.0 cm³/mol. The van der Waals surface area contributed by atoms with Crippen molar-refractivity contribution in [2.24, 2.45) is 5.41 Å². The molecular weight excluding hydrogens is 330 g/mol. The van der Waals surface area contributed by atoms with Crippen molar-refractivity contribution in [1.29, 1.82) is 0 Å². The third-order valence-electron chi connectivity index (χ3n) is 4.11. The molecule has 0 aliphatic carbocycles. The number of amides is 2. The molecule has 0 radical (unpaired) electrons. The van der Waals surface area contributed by atoms with E-state index in [0.717, 1.165) is 5.69 Å². The molecular formula is C18H23N7O. The molecule has 0 saturated heterocycles. The van der Waals surface area contributed by atoms with E-state index in [9.17, 15) is 4.79 Å². The summed E-state index contributed by atoms with van der Waals surface area (Å²) in [7, 11) is 0. The standard InChI is InChI=1S/C18H23N7O/c1-18(2,3)16(10-24-9-8-19-12-24)23-17(26)22-14-4-6-15(7-5-14)25-13-20-11-21-25/h4-9,11-13,16H,10H2,1-3H3,(H2,22,23,26)/t16-/m0/s1. The first-order chi connectivity index (χ1) is 12.4. The molecule has 26 heavy (non-hydrogen) atoms. The van der Waals surface area contributed by atoms with Gasteiger partial charge in [-0.3, -0.25) is 0 Å². The van der Waals surface area contributed by atoms with E-state index in [1.165, 1.54) is 6.33 Å². The molecule has 2 amide bonds. The fourth-order valence-electron chi connectivity index (χ4n) is 2.51. The molecule has 1 atom stereocenters. The second kappa shape index (κ2) is 7.38. The van der Waals surface area contributed by atoms with Crippen LogP contribution in [-0.4, -0.2) is 36.4 Å². The summed E-state index contributed by atoms with van der Waals surface area (Å²) >= 11 is 0. The van der Waals surface area contributed by atoms with Gasteiger partial charge in [0.15, 0.2) is 0 Å². The fraction of sp³-hybridized carbons (Fsp3) is 0.333. The topological polar surface area (TPSA) is 89.7 Å². The van der Waals surface area contributed by atoms with Gasteiger partial charge in [-0.25, -0.2) is 19.4 Å². The number of hydrogen-bond donors (Lipinski definition) is 2. The van der Waals surface area contributed by atoms with Crippen molar-refractivity contribution in [3.8, 4) is 5.69 Å². The van der Waals surface area contributed by atoms with Gasteiger partial charge in [-0.2, -0.15) is 5.10 Å². The van der Waals surface area contributed by atoms with Crippen LogP contribution < -0.4 is 10.6 Å². The Hall–Kier alpha value is -3.16. The van der Waals surface area contributed by atoms with Crippen molar-refractivity contribution in [1.82, 2.24) is 29.6 Å². The van der Waals surface area contributed by atoms with Gasteiger partial charge in [0.25, 0.3) is 0 Å². The van der Waals surface area contributed by atoms with E-state index in [-0.39, 0.29) is 17.5 Å². The summed E-state index contributed by atoms with van der Waals surface area (Å²) in [5.74, 6) is 0. The van der Waals surface area contributed by atoms with Crippen LogP contribution >= 0.6 is 0 Å². The van der Waals surface area contributed by atoms with Crippen LogP contribution in [0.1, 0.15) is 20.8 Å². The number of nitrogens with zero attached hydrogens (tertiary/aromatic N) is 5. The molecule has 0 fully saturated rings. The molecule has 3 rings (SSSR count). The molecule has 2 N–H and O–H groups in total. The predicted octanol–water partition coefficient (Wildman–Crippen LogP) is 2.70. The van der Waals surface area contributed by atoms with Crippen molar-refractivity contribution in [3.05, 3.63) is 55.6 Å². The zero-order valence-electron chi connectivity index (χ0n) is 15.1. The second-order valence-electron chi connectivity index (χ2n) is 7.16. The van der Waals surface area contributed by atoms with Crippen LogP contribution in [0.4, 0.5) is 10.5 Å². The Kier molecular flexibility index (Phi) is 5.01. The van der Waals surface area contributed by atoms with E-state index in [0.29, 0.717) is 12.2 Å². The van der Waals surface area contributed by atoms with Crippen molar-refractivity contribution < 1.29 is 4.79 Å². The fourth-order valence-corrected chi connectivity index (χ4v) is 2.51. The molecule has 2 aromatic heterocycles. The third-order valence-corrected chi connectivity index (χ3v) is 4.11. The van der Waals surface area contributed by atoms with E-state index in [1.807, 2.05) is 35.0 Å². The molecule has 3 aromatic rings. The Balaban J connectivity index is 1.62. The molecule has 0 bridgehead atoms. The third kappa shape index (κ3) is 4.47. The summed E-state index contributed by atoms with van der Waals surface area (Å²) in [6.07, 6.45) is 8.48. The van der Waals surface area contributed by atoms with Crippen LogP contribution in [0.5, 0.6) is 0 Å². The highest BCUT2D eigenvalue weighted by Gasteiger charge is 2.26. The molecule has 8 heteroatoms. The highest BCUT2D eigenvalue weighted by molar-refractivity contribution is 5.89. The lowest BCUT2D eigenvalue weighted by Gasteiger charge is -2.31. The van der Waals surface area contributed by atoms with Crippen LogP contribution in [0.15, 0.2) is 55.6 Å². The molecule has 2 heterocycles. The highest BCUT2D eigenvalue weighted by atomic mass is 16.2. The minimum absolute atomic E-state index is 0.0499. The minimum atomic E-state index is -0.237. The normalized spacial score (nSPS) is 12.6. The monoisotopic (exact) mass is 353 g/mol. The Morgan fingerprint density at radius 1 is 1.15 bits per heavy atom. The summed E-state index contributed by atoms with van der Waals surface area (Å²) < 4.78 is 3.62. The summed E-state index contributed by atoms with van der Waals surface area (Å²) in [6, 6.07) is 7.12. The summed E-state index contributed by atoms with van der Waals surface area (Å²) in [5.41, 5.74) is 1.49. The van der Waals surface area contributed by atoms with Crippen LogP contribution in [0, 0.1) is 5.41 Å². The average molecular weight is 353 g/mol. The van der Waals surface area contributed by atoms with E-state index in [1.54, 1.807) is 23.5 Å². The Morgan fingerprint density at radius 3 is 2.50 bits per heavy atom. The van der Waals surface area contributed by atoms with Crippen LogP contribution in [0.25, 0.3) is 5.69 Å². The SMILES string of the molecule is CC(C)(C)[C@H](Cn1ccnc1)NC(=O)Nc1ccc(-n2cncn2)cc1. The lowest BCUT2D eigenvalue weighted by Crippen LogP contribution is -2.47. The van der Waals surface area contributed by atoms with Gasteiger partial charge in [-0.05, 0) is 29.7 Å². The average Bonchev–Trinajstić information content (AvgIpc) is 3.28. The number of rotatable bonds is 5. The van der Waals surface area contributed by atoms with Crippen LogP contribution in [0.3, 0.4) is 0 Å². The second-order valence-corrected chi connectivity index (χ2v) is 7.16. The first-order valence-corrected chi connectivity index (χ1v) is 8.40. The van der Waals surface area contributed by atoms with Gasteiger partial charge in [0, 0.05) is 24.6 Å². The van der Waals surface area contributed by atoms with E-state index >= 15 is 0 Å². The Morgan fingerprint density at radius 2 is 1.92 bits per heavy atom. The maximum Gasteiger partial charge on any atom is 0.319 e. The van der Waals surface area contributed by atoms with Gasteiger partial charge < -0.3 is 15.2 Å². The number of nitrogens with one attached hydrogen (secondary N) is 2. The molecule has 8 nitrogen and oxygen atoms in total. The van der Waals surface area contributed by atoms with Gasteiger partial charge in [-0.15, -0.1) is 0 Å². The Bertz CT molecular complexity index is 818. The van der Waals surface area contributed by atoms with Gasteiger partial charge in [-0.1, -0.05) is 20.8 Å². The number of carbonyl (C=O) groups is 1. The zero-order chi connectivity index (χ0) is 18.6. The summed E-state index contributed by atoms with van der Waals surface area (Å²) in [6.45, 7) is 6.95. The molecule has 0 unspecified atom stereocenters. The van der Waals surface area contributed by atoms with Crippen LogP contribution in [0.2, 0.25) is 0 Å². The smallest absolute Gasteiger partial charge is 0.319 e. The van der Waals surface area contributed by atoms with Crippen molar-refractivity contribution in [2.45, 2.75) is 33.4 Å². The molecule has 136 valence electrons. The summed E-state index contributed by atoms with van der Waals surface area (Å²) in [4.78, 5) is 20.4. The number of benzene rings is 1. The van der Waals surface area contributed by atoms with Gasteiger partial charge in [0.2, 0.25) is 0 Å². The maximum absolute atomic E-state index is 12.4. The first-order valence-electron chi connectivity index (χ1n) is 8.40. The van der Waals surface area contributed by atoms with Crippen molar-refractivity contribution in [2.75, 3.05) is 5.32 Å². The van der Waals surface area contributed by atoms with E-state index < -0.39 is 0 Å². The van der Waals surface area contributed by atoms with E-state index in [4.69, 9.17) is 0 Å². The molecule has 0 aliphatic heterocycles. The number of aromatic nitrogens is 5. The van der Waals surface area contributed by atoms with Gasteiger partial charge in [0.05, 0.1) is 18.1 Å². The molecule has 1 aromatic carbocycles. The number of hydrogen-bond acceptors (Lipinski definition) is 4. The number of carbonyl (C=O) groups excluding carboxylic acids is 1. The zero-order valence-corrected chi connectivity index (χ0v) is 15.1. The molecule has 0 spiro atoms. The number of urea groups is 1. The lowest BCUT2D eigenvalue weighted by atomic mass is 9.86. The van der Waals surface area contributed by atoms with Crippen molar-refractivity contribution in [3.63, 3.8) is 0 Å². The quantitative estimate of drug-likeness (QED) is 0.738. The highest BCUT2D eigenvalue weighted by Crippen LogP contribution is 2.21. The molecule has 0 aliphatic rings. The number of anilines is 1. The Labute approximate surface area is 152 Å². The van der Waals surface area contributed by atoms with Gasteiger partial charge >= 0.3 is 6.03 Å². The number of imidazole rings is 1. The largest absolute Gasteiger partial charge is 0.335 e. The molecule has 0 saturated carbocycles. The van der Waals surface area contributed by atoms with E-state index in [2.05, 4.69) is 46.5 Å². The van der Waals surface area contributed by atoms with Gasteiger partial charge in [0.1, 0.15) is 12.7 Å². The summed E-state index contributed by atoms with van der Waals surface area (Å²) in [5, 5.41) is 10.0. The van der Waals surface area contributed by atoms with Crippen molar-refractivity contribution >= 4 is 11.7 Å². The minimum Gasteiger partial charge on any atom is -0.335 e. The van der Waals surface area contributed by atoms with Crippen LogP contribution in [-0.2, 0) is 6.54 Å².